The van der Waals surface area contributed by atoms with Crippen LogP contribution < -0.4 is 5.32 Å². The Kier molecular flexibility index (Phi) is 5.67. The summed E-state index contributed by atoms with van der Waals surface area (Å²) in [5.41, 5.74) is 1.79. The molecule has 2 aromatic heterocycles. The van der Waals surface area contributed by atoms with Crippen LogP contribution in [0.3, 0.4) is 0 Å². The van der Waals surface area contributed by atoms with E-state index in [9.17, 15) is 4.79 Å². The molecule has 6 nitrogen and oxygen atoms in total. The average molecular weight is 396 g/mol. The van der Waals surface area contributed by atoms with Crippen LogP contribution >= 0.6 is 11.6 Å². The molecule has 0 amide bonds. The second-order valence-electron chi connectivity index (χ2n) is 7.07. The van der Waals surface area contributed by atoms with Crippen LogP contribution in [0.25, 0.3) is 11.4 Å². The first kappa shape index (κ1) is 18.6. The van der Waals surface area contributed by atoms with Crippen molar-refractivity contribution in [3.63, 3.8) is 0 Å². The minimum atomic E-state index is 0.00363. The standard InChI is InChI=1S/C21H22ClN5O/c22-18-10-4-6-15(12-18)13-24-21-25-19(17-9-5-11-23-14-17)26-27(21)20(28)16-7-2-1-3-8-16/h4-6,9-12,14,16H,1-3,7-8,13H2,(H,24,25,26). The molecule has 0 aliphatic heterocycles. The normalized spacial score (nSPS) is 14.8. The molecule has 7 heteroatoms. The summed E-state index contributed by atoms with van der Waals surface area (Å²) in [5, 5.41) is 8.45. The Morgan fingerprint density at radius 1 is 1.18 bits per heavy atom. The molecule has 4 rings (SSSR count). The summed E-state index contributed by atoms with van der Waals surface area (Å²) in [4.78, 5) is 21.8. The minimum Gasteiger partial charge on any atom is -0.350 e. The fraction of sp³-hybridized carbons (Fsp3) is 0.333. The number of aromatic nitrogens is 4. The molecule has 0 unspecified atom stereocenters. The Hall–Kier alpha value is -2.73. The molecular weight excluding hydrogens is 374 g/mol. The molecule has 0 spiro atoms. The molecule has 1 N–H and O–H groups in total. The van der Waals surface area contributed by atoms with Crippen molar-refractivity contribution in [3.8, 4) is 11.4 Å². The van der Waals surface area contributed by atoms with Crippen molar-refractivity contribution in [2.24, 2.45) is 5.92 Å². The second kappa shape index (κ2) is 8.52. The number of rotatable bonds is 5. The first-order chi connectivity index (χ1) is 13.7. The first-order valence-electron chi connectivity index (χ1n) is 9.61. The highest BCUT2D eigenvalue weighted by molar-refractivity contribution is 6.30. The molecule has 1 fully saturated rings. The lowest BCUT2D eigenvalue weighted by Gasteiger charge is -2.20. The van der Waals surface area contributed by atoms with E-state index in [1.807, 2.05) is 36.4 Å². The second-order valence-corrected chi connectivity index (χ2v) is 7.51. The third kappa shape index (κ3) is 4.22. The topological polar surface area (TPSA) is 72.7 Å². The molecule has 28 heavy (non-hydrogen) atoms. The van der Waals surface area contributed by atoms with Crippen molar-refractivity contribution in [1.82, 2.24) is 19.7 Å². The van der Waals surface area contributed by atoms with Gasteiger partial charge in [0.1, 0.15) is 0 Å². The van der Waals surface area contributed by atoms with Gasteiger partial charge in [0.05, 0.1) is 0 Å². The zero-order valence-electron chi connectivity index (χ0n) is 15.5. The van der Waals surface area contributed by atoms with E-state index in [0.717, 1.165) is 36.8 Å². The Bertz CT molecular complexity index is 950. The van der Waals surface area contributed by atoms with Crippen LogP contribution in [0.2, 0.25) is 5.02 Å². The van der Waals surface area contributed by atoms with E-state index in [1.165, 1.54) is 11.1 Å². The fourth-order valence-corrected chi connectivity index (χ4v) is 3.76. The van der Waals surface area contributed by atoms with E-state index in [-0.39, 0.29) is 11.8 Å². The lowest BCUT2D eigenvalue weighted by atomic mass is 9.89. The van der Waals surface area contributed by atoms with Gasteiger partial charge in [-0.25, -0.2) is 0 Å². The summed E-state index contributed by atoms with van der Waals surface area (Å²) in [6.07, 6.45) is 8.60. The van der Waals surface area contributed by atoms with Gasteiger partial charge >= 0.3 is 0 Å². The van der Waals surface area contributed by atoms with Gasteiger partial charge in [-0.1, -0.05) is 43.0 Å². The van der Waals surface area contributed by atoms with Gasteiger partial charge in [0.2, 0.25) is 5.95 Å². The maximum atomic E-state index is 13.1. The Labute approximate surface area is 169 Å². The largest absolute Gasteiger partial charge is 0.350 e. The molecule has 1 aliphatic rings. The third-order valence-electron chi connectivity index (χ3n) is 5.03. The highest BCUT2D eigenvalue weighted by Gasteiger charge is 2.26. The van der Waals surface area contributed by atoms with Crippen molar-refractivity contribution in [2.75, 3.05) is 5.32 Å². The van der Waals surface area contributed by atoms with Crippen molar-refractivity contribution >= 4 is 23.5 Å². The van der Waals surface area contributed by atoms with Gasteiger partial charge in [0.15, 0.2) is 5.82 Å². The molecule has 0 saturated heterocycles. The number of anilines is 1. The number of nitrogens with one attached hydrogen (secondary N) is 1. The molecule has 1 aromatic carbocycles. The van der Waals surface area contributed by atoms with Crippen LogP contribution in [0.5, 0.6) is 0 Å². The van der Waals surface area contributed by atoms with Crippen LogP contribution in [0.15, 0.2) is 48.8 Å². The summed E-state index contributed by atoms with van der Waals surface area (Å²) in [5.74, 6) is 0.958. The van der Waals surface area contributed by atoms with E-state index in [0.29, 0.717) is 23.3 Å². The first-order valence-corrected chi connectivity index (χ1v) is 9.98. The van der Waals surface area contributed by atoms with Crippen LogP contribution in [-0.4, -0.2) is 25.7 Å². The maximum absolute atomic E-state index is 13.1. The molecule has 0 bridgehead atoms. The molecule has 1 aliphatic carbocycles. The fourth-order valence-electron chi connectivity index (χ4n) is 3.55. The SMILES string of the molecule is O=C(C1CCCCC1)n1nc(-c2cccnc2)nc1NCc1cccc(Cl)c1. The molecule has 2 heterocycles. The maximum Gasteiger partial charge on any atom is 0.253 e. The van der Waals surface area contributed by atoms with Gasteiger partial charge in [-0.3, -0.25) is 9.78 Å². The van der Waals surface area contributed by atoms with Gasteiger partial charge < -0.3 is 5.32 Å². The van der Waals surface area contributed by atoms with Crippen molar-refractivity contribution in [1.29, 1.82) is 0 Å². The molecular formula is C21H22ClN5O. The van der Waals surface area contributed by atoms with E-state index in [2.05, 4.69) is 20.4 Å². The van der Waals surface area contributed by atoms with Crippen molar-refractivity contribution in [2.45, 2.75) is 38.6 Å². The highest BCUT2D eigenvalue weighted by atomic mass is 35.5. The van der Waals surface area contributed by atoms with Gasteiger partial charge in [-0.2, -0.15) is 9.67 Å². The third-order valence-corrected chi connectivity index (χ3v) is 5.26. The van der Waals surface area contributed by atoms with Crippen molar-refractivity contribution < 1.29 is 4.79 Å². The molecule has 3 aromatic rings. The average Bonchev–Trinajstić information content (AvgIpc) is 3.17. The number of hydrogen-bond donors (Lipinski definition) is 1. The Morgan fingerprint density at radius 3 is 2.79 bits per heavy atom. The zero-order chi connectivity index (χ0) is 19.3. The monoisotopic (exact) mass is 395 g/mol. The minimum absolute atomic E-state index is 0.00363. The highest BCUT2D eigenvalue weighted by Crippen LogP contribution is 2.27. The van der Waals surface area contributed by atoms with Crippen LogP contribution in [-0.2, 0) is 6.54 Å². The number of halogens is 1. The zero-order valence-corrected chi connectivity index (χ0v) is 16.3. The van der Waals surface area contributed by atoms with Gasteiger partial charge in [-0.15, -0.1) is 5.10 Å². The smallest absolute Gasteiger partial charge is 0.253 e. The lowest BCUT2D eigenvalue weighted by molar-refractivity contribution is 0.0787. The van der Waals surface area contributed by atoms with Crippen LogP contribution in [0.4, 0.5) is 5.95 Å². The molecule has 144 valence electrons. The predicted octanol–water partition coefficient (Wildman–Crippen LogP) is 4.83. The van der Waals surface area contributed by atoms with Crippen LogP contribution in [0.1, 0.15) is 42.5 Å². The number of carbonyl (C=O) groups excluding carboxylic acids is 1. The molecule has 1 saturated carbocycles. The predicted molar refractivity (Wildman–Crippen MR) is 109 cm³/mol. The number of carbonyl (C=O) groups is 1. The van der Waals surface area contributed by atoms with E-state index < -0.39 is 0 Å². The summed E-state index contributed by atoms with van der Waals surface area (Å²) in [6.45, 7) is 0.504. The van der Waals surface area contributed by atoms with Gasteiger partial charge in [0.25, 0.3) is 5.91 Å². The Morgan fingerprint density at radius 2 is 2.04 bits per heavy atom. The van der Waals surface area contributed by atoms with Gasteiger partial charge in [-0.05, 0) is 42.7 Å². The Balaban J connectivity index is 1.62. The van der Waals surface area contributed by atoms with Crippen LogP contribution in [0, 0.1) is 5.92 Å². The van der Waals surface area contributed by atoms with E-state index in [1.54, 1.807) is 12.4 Å². The summed E-state index contributed by atoms with van der Waals surface area (Å²) < 4.78 is 1.43. The number of pyridine rings is 1. The number of hydrogen-bond acceptors (Lipinski definition) is 5. The summed E-state index contributed by atoms with van der Waals surface area (Å²) >= 11 is 6.07. The molecule has 0 radical (unpaired) electrons. The lowest BCUT2D eigenvalue weighted by Crippen LogP contribution is -2.26. The quantitative estimate of drug-likeness (QED) is 0.670. The van der Waals surface area contributed by atoms with E-state index >= 15 is 0 Å². The summed E-state index contributed by atoms with van der Waals surface area (Å²) in [7, 11) is 0. The van der Waals surface area contributed by atoms with E-state index in [4.69, 9.17) is 11.6 Å². The van der Waals surface area contributed by atoms with Crippen molar-refractivity contribution in [3.05, 3.63) is 59.4 Å². The summed E-state index contributed by atoms with van der Waals surface area (Å²) in [6, 6.07) is 11.3. The molecule has 0 atom stereocenters. The number of nitrogens with zero attached hydrogens (tertiary/aromatic N) is 4. The number of benzene rings is 1. The van der Waals surface area contributed by atoms with Gasteiger partial charge in [0, 0.05) is 35.4 Å².